The molecule has 0 unspecified atom stereocenters. The first-order valence-corrected chi connectivity index (χ1v) is 9.03. The van der Waals surface area contributed by atoms with Crippen molar-refractivity contribution in [2.45, 2.75) is 6.54 Å². The Morgan fingerprint density at radius 1 is 1.12 bits per heavy atom. The number of fused-ring (bicyclic) bond motifs is 1. The zero-order valence-corrected chi connectivity index (χ0v) is 14.1. The van der Waals surface area contributed by atoms with Crippen LogP contribution in [0.5, 0.6) is 0 Å². The lowest BCUT2D eigenvalue weighted by Crippen LogP contribution is -2.23. The number of nitrogens with zero attached hydrogens (tertiary/aromatic N) is 2. The van der Waals surface area contributed by atoms with E-state index in [-0.39, 0.29) is 17.9 Å². The molecular formula is C18H12N2O2S2. The Balaban J connectivity index is 1.73. The number of benzene rings is 1. The predicted molar refractivity (Wildman–Crippen MR) is 98.0 cm³/mol. The maximum absolute atomic E-state index is 12.7. The lowest BCUT2D eigenvalue weighted by Gasteiger charge is -2.02. The summed E-state index contributed by atoms with van der Waals surface area (Å²) in [6.45, 7) is 0.0147. The van der Waals surface area contributed by atoms with Crippen molar-refractivity contribution in [3.05, 3.63) is 75.5 Å². The minimum Gasteiger partial charge on any atom is -0.291 e. The Labute approximate surface area is 145 Å². The van der Waals surface area contributed by atoms with Crippen LogP contribution in [0.1, 0.15) is 9.67 Å². The van der Waals surface area contributed by atoms with Gasteiger partial charge < -0.3 is 0 Å². The second-order valence-electron chi connectivity index (χ2n) is 5.27. The fourth-order valence-electron chi connectivity index (χ4n) is 2.47. The largest absolute Gasteiger partial charge is 0.291 e. The quantitative estimate of drug-likeness (QED) is 0.520. The Morgan fingerprint density at radius 3 is 2.71 bits per heavy atom. The molecule has 0 radical (unpaired) electrons. The first kappa shape index (κ1) is 15.0. The van der Waals surface area contributed by atoms with Gasteiger partial charge in [-0.1, -0.05) is 36.4 Å². The molecule has 0 aliphatic carbocycles. The summed E-state index contributed by atoms with van der Waals surface area (Å²) in [4.78, 5) is 30.9. The number of thiophene rings is 2. The van der Waals surface area contributed by atoms with Gasteiger partial charge in [0, 0.05) is 4.88 Å². The fraction of sp³-hybridized carbons (Fsp3) is 0.0556. The molecule has 0 N–H and O–H groups in total. The lowest BCUT2D eigenvalue weighted by atomic mass is 10.2. The highest BCUT2D eigenvalue weighted by atomic mass is 32.1. The number of rotatable bonds is 4. The molecule has 4 aromatic rings. The molecule has 4 rings (SSSR count). The van der Waals surface area contributed by atoms with Gasteiger partial charge in [0.25, 0.3) is 5.56 Å². The van der Waals surface area contributed by atoms with Gasteiger partial charge in [-0.25, -0.2) is 4.98 Å². The van der Waals surface area contributed by atoms with E-state index in [4.69, 9.17) is 0 Å². The molecule has 1 aromatic carbocycles. The third kappa shape index (κ3) is 2.70. The van der Waals surface area contributed by atoms with Crippen molar-refractivity contribution in [3.8, 4) is 10.4 Å². The predicted octanol–water partition coefficient (Wildman–Crippen LogP) is 4.07. The van der Waals surface area contributed by atoms with E-state index in [9.17, 15) is 9.59 Å². The molecule has 0 amide bonds. The van der Waals surface area contributed by atoms with E-state index in [2.05, 4.69) is 4.98 Å². The van der Waals surface area contributed by atoms with E-state index in [1.807, 2.05) is 47.8 Å². The van der Waals surface area contributed by atoms with Gasteiger partial charge in [0.15, 0.2) is 5.78 Å². The monoisotopic (exact) mass is 352 g/mol. The van der Waals surface area contributed by atoms with Crippen molar-refractivity contribution >= 4 is 38.7 Å². The standard InChI is InChI=1S/C18H12N2O2S2/c21-14(15-7-4-8-23-15)10-20-11-19-13-9-16(24-17(13)18(20)22)12-5-2-1-3-6-12/h1-9,11H,10H2. The molecule has 0 spiro atoms. The van der Waals surface area contributed by atoms with E-state index in [1.54, 1.807) is 6.07 Å². The van der Waals surface area contributed by atoms with Crippen molar-refractivity contribution in [2.75, 3.05) is 0 Å². The van der Waals surface area contributed by atoms with Crippen molar-refractivity contribution in [3.63, 3.8) is 0 Å². The topological polar surface area (TPSA) is 52.0 Å². The summed E-state index contributed by atoms with van der Waals surface area (Å²) in [5, 5.41) is 1.85. The van der Waals surface area contributed by atoms with Gasteiger partial charge in [0.05, 0.1) is 23.3 Å². The van der Waals surface area contributed by atoms with E-state index in [1.165, 1.54) is 33.6 Å². The van der Waals surface area contributed by atoms with E-state index in [0.717, 1.165) is 10.4 Å². The van der Waals surface area contributed by atoms with Gasteiger partial charge in [-0.15, -0.1) is 22.7 Å². The number of hydrogen-bond acceptors (Lipinski definition) is 5. The van der Waals surface area contributed by atoms with Crippen LogP contribution in [0, 0.1) is 0 Å². The Bertz CT molecular complexity index is 1060. The lowest BCUT2D eigenvalue weighted by molar-refractivity contribution is 0.0974. The molecule has 3 heterocycles. The van der Waals surface area contributed by atoms with Crippen molar-refractivity contribution in [1.29, 1.82) is 0 Å². The van der Waals surface area contributed by atoms with Gasteiger partial charge in [0.1, 0.15) is 4.70 Å². The molecular weight excluding hydrogens is 340 g/mol. The third-order valence-corrected chi connectivity index (χ3v) is 5.74. The molecule has 0 aliphatic heterocycles. The average Bonchev–Trinajstić information content (AvgIpc) is 3.28. The molecule has 3 aromatic heterocycles. The smallest absolute Gasteiger partial charge is 0.271 e. The van der Waals surface area contributed by atoms with Crippen LogP contribution < -0.4 is 5.56 Å². The first-order valence-electron chi connectivity index (χ1n) is 7.33. The summed E-state index contributed by atoms with van der Waals surface area (Å²) in [6, 6.07) is 15.4. The molecule has 0 aliphatic rings. The van der Waals surface area contributed by atoms with E-state index < -0.39 is 0 Å². The van der Waals surface area contributed by atoms with Crippen molar-refractivity contribution < 1.29 is 4.79 Å². The minimum atomic E-state index is -0.169. The number of Topliss-reactive ketones (excluding diaryl/α,β-unsaturated/α-hetero) is 1. The fourth-order valence-corrected chi connectivity index (χ4v) is 4.19. The van der Waals surface area contributed by atoms with Gasteiger partial charge in [-0.2, -0.15) is 0 Å². The minimum absolute atomic E-state index is 0.0147. The zero-order valence-electron chi connectivity index (χ0n) is 12.5. The van der Waals surface area contributed by atoms with Crippen LogP contribution in [0.4, 0.5) is 0 Å². The summed E-state index contributed by atoms with van der Waals surface area (Å²) < 4.78 is 1.96. The molecule has 24 heavy (non-hydrogen) atoms. The van der Waals surface area contributed by atoms with E-state index >= 15 is 0 Å². The maximum atomic E-state index is 12.7. The molecule has 0 atom stereocenters. The second-order valence-corrected chi connectivity index (χ2v) is 7.27. The van der Waals surface area contributed by atoms with Gasteiger partial charge in [-0.3, -0.25) is 14.2 Å². The van der Waals surface area contributed by atoms with Gasteiger partial charge in [0.2, 0.25) is 0 Å². The summed E-state index contributed by atoms with van der Waals surface area (Å²) >= 11 is 2.79. The number of carbonyl (C=O) groups is 1. The zero-order chi connectivity index (χ0) is 16.5. The Kier molecular flexibility index (Phi) is 3.84. The molecule has 0 bridgehead atoms. The summed E-state index contributed by atoms with van der Waals surface area (Å²) in [5.74, 6) is -0.0758. The summed E-state index contributed by atoms with van der Waals surface area (Å²) in [7, 11) is 0. The summed E-state index contributed by atoms with van der Waals surface area (Å²) in [6.07, 6.45) is 1.46. The number of ketones is 1. The van der Waals surface area contributed by atoms with Crippen LogP contribution in [0.3, 0.4) is 0 Å². The van der Waals surface area contributed by atoms with Crippen LogP contribution in [0.25, 0.3) is 20.7 Å². The highest BCUT2D eigenvalue weighted by Crippen LogP contribution is 2.30. The highest BCUT2D eigenvalue weighted by Gasteiger charge is 2.13. The molecule has 0 fully saturated rings. The number of hydrogen-bond donors (Lipinski definition) is 0. The van der Waals surface area contributed by atoms with Crippen LogP contribution in [0.15, 0.2) is 65.0 Å². The highest BCUT2D eigenvalue weighted by molar-refractivity contribution is 7.22. The SMILES string of the molecule is O=C(Cn1cnc2cc(-c3ccccc3)sc2c1=O)c1cccs1. The van der Waals surface area contributed by atoms with Gasteiger partial charge >= 0.3 is 0 Å². The average molecular weight is 352 g/mol. The summed E-state index contributed by atoms with van der Waals surface area (Å²) in [5.41, 5.74) is 1.56. The van der Waals surface area contributed by atoms with E-state index in [0.29, 0.717) is 15.1 Å². The van der Waals surface area contributed by atoms with Crippen LogP contribution in [-0.2, 0) is 6.54 Å². The molecule has 4 nitrogen and oxygen atoms in total. The van der Waals surface area contributed by atoms with Crippen LogP contribution in [0.2, 0.25) is 0 Å². The molecule has 0 saturated carbocycles. The Hall–Kier alpha value is -2.57. The van der Waals surface area contributed by atoms with Crippen molar-refractivity contribution in [1.82, 2.24) is 9.55 Å². The maximum Gasteiger partial charge on any atom is 0.271 e. The third-order valence-electron chi connectivity index (χ3n) is 3.67. The number of aromatic nitrogens is 2. The molecule has 6 heteroatoms. The van der Waals surface area contributed by atoms with Crippen molar-refractivity contribution in [2.24, 2.45) is 0 Å². The van der Waals surface area contributed by atoms with Gasteiger partial charge in [-0.05, 0) is 23.1 Å². The first-order chi connectivity index (χ1) is 11.7. The van der Waals surface area contributed by atoms with Crippen LogP contribution >= 0.6 is 22.7 Å². The van der Waals surface area contributed by atoms with Crippen LogP contribution in [-0.4, -0.2) is 15.3 Å². The normalized spacial score (nSPS) is 11.0. The molecule has 0 saturated heterocycles. The number of carbonyl (C=O) groups excluding carboxylic acids is 1. The molecule has 118 valence electrons. The Morgan fingerprint density at radius 2 is 1.96 bits per heavy atom. The second kappa shape index (κ2) is 6.14.